The van der Waals surface area contributed by atoms with E-state index in [1.54, 1.807) is 19.2 Å². The third-order valence-electron chi connectivity index (χ3n) is 4.81. The molecule has 9 heteroatoms. The van der Waals surface area contributed by atoms with Crippen molar-refractivity contribution in [3.8, 4) is 5.75 Å². The van der Waals surface area contributed by atoms with E-state index in [4.69, 9.17) is 15.2 Å². The van der Waals surface area contributed by atoms with Crippen LogP contribution in [0.2, 0.25) is 0 Å². The zero-order valence-corrected chi connectivity index (χ0v) is 16.6. The third kappa shape index (κ3) is 4.81. The quantitative estimate of drug-likeness (QED) is 0.640. The fourth-order valence-corrected chi connectivity index (χ4v) is 3.36. The average Bonchev–Trinajstić information content (AvgIpc) is 2.74. The number of nitrogens with two attached hydrogens (primary N) is 1. The van der Waals surface area contributed by atoms with Crippen molar-refractivity contribution in [2.24, 2.45) is 0 Å². The second-order valence-electron chi connectivity index (χ2n) is 6.90. The SMILES string of the molecule is COc1ccccc1Nc1nc(N)nc(CN2CCOC(c3ccc(F)cc3)C2)n1. The van der Waals surface area contributed by atoms with E-state index in [2.05, 4.69) is 25.2 Å². The van der Waals surface area contributed by atoms with Crippen LogP contribution in [0.3, 0.4) is 0 Å². The van der Waals surface area contributed by atoms with Crippen LogP contribution in [0.1, 0.15) is 17.5 Å². The maximum Gasteiger partial charge on any atom is 0.232 e. The molecule has 1 aromatic heterocycles. The van der Waals surface area contributed by atoms with Crippen molar-refractivity contribution in [2.45, 2.75) is 12.6 Å². The number of rotatable bonds is 6. The van der Waals surface area contributed by atoms with E-state index in [1.807, 2.05) is 24.3 Å². The molecule has 0 bridgehead atoms. The van der Waals surface area contributed by atoms with Crippen LogP contribution in [0, 0.1) is 5.82 Å². The molecule has 1 aliphatic rings. The number of anilines is 3. The van der Waals surface area contributed by atoms with Crippen LogP contribution in [0.5, 0.6) is 5.75 Å². The number of nitrogens with one attached hydrogen (secondary N) is 1. The number of para-hydroxylation sites is 2. The number of nitrogens with zero attached hydrogens (tertiary/aromatic N) is 4. The average molecular weight is 410 g/mol. The number of halogens is 1. The summed E-state index contributed by atoms with van der Waals surface area (Å²) in [6, 6.07) is 13.9. The van der Waals surface area contributed by atoms with Gasteiger partial charge in [-0.25, -0.2) is 4.39 Å². The zero-order valence-electron chi connectivity index (χ0n) is 16.6. The van der Waals surface area contributed by atoms with Gasteiger partial charge in [-0.15, -0.1) is 0 Å². The Balaban J connectivity index is 1.47. The first-order valence-electron chi connectivity index (χ1n) is 9.60. The minimum atomic E-state index is -0.262. The van der Waals surface area contributed by atoms with Crippen LogP contribution in [0.25, 0.3) is 0 Å². The molecule has 30 heavy (non-hydrogen) atoms. The normalized spacial score (nSPS) is 16.9. The summed E-state index contributed by atoms with van der Waals surface area (Å²) in [5.41, 5.74) is 7.58. The number of ether oxygens (including phenoxy) is 2. The molecule has 0 radical (unpaired) electrons. The highest BCUT2D eigenvalue weighted by molar-refractivity contribution is 5.62. The van der Waals surface area contributed by atoms with Gasteiger partial charge in [0.25, 0.3) is 0 Å². The van der Waals surface area contributed by atoms with Gasteiger partial charge in [0.15, 0.2) is 0 Å². The molecular formula is C21H23FN6O2. The molecule has 2 heterocycles. The van der Waals surface area contributed by atoms with Crippen LogP contribution >= 0.6 is 0 Å². The molecule has 3 N–H and O–H groups in total. The monoisotopic (exact) mass is 410 g/mol. The topological polar surface area (TPSA) is 98.4 Å². The number of hydrogen-bond donors (Lipinski definition) is 2. The molecule has 1 fully saturated rings. The van der Waals surface area contributed by atoms with Crippen molar-refractivity contribution in [3.05, 3.63) is 65.7 Å². The Kier molecular flexibility index (Phi) is 6.01. The summed E-state index contributed by atoms with van der Waals surface area (Å²) >= 11 is 0. The molecule has 3 aromatic rings. The summed E-state index contributed by atoms with van der Waals surface area (Å²) in [5.74, 6) is 1.46. The standard InChI is InChI=1S/C21H23FN6O2/c1-29-17-5-3-2-4-16(17)24-21-26-19(25-20(23)27-21)13-28-10-11-30-18(12-28)14-6-8-15(22)9-7-14/h2-9,18H,10-13H2,1H3,(H3,23,24,25,26,27). The molecule has 8 nitrogen and oxygen atoms in total. The number of hydrogen-bond acceptors (Lipinski definition) is 8. The number of methoxy groups -OCH3 is 1. The van der Waals surface area contributed by atoms with E-state index in [-0.39, 0.29) is 17.9 Å². The van der Waals surface area contributed by atoms with Crippen molar-refractivity contribution in [1.29, 1.82) is 0 Å². The number of benzene rings is 2. The van der Waals surface area contributed by atoms with Gasteiger partial charge in [0.2, 0.25) is 11.9 Å². The van der Waals surface area contributed by atoms with Crippen LogP contribution in [-0.2, 0) is 11.3 Å². The first-order valence-corrected chi connectivity index (χ1v) is 9.60. The van der Waals surface area contributed by atoms with Gasteiger partial charge in [-0.3, -0.25) is 4.90 Å². The van der Waals surface area contributed by atoms with Crippen LogP contribution < -0.4 is 15.8 Å². The van der Waals surface area contributed by atoms with E-state index in [1.165, 1.54) is 12.1 Å². The maximum absolute atomic E-state index is 13.2. The van der Waals surface area contributed by atoms with Crippen LogP contribution in [-0.4, -0.2) is 46.7 Å². The molecule has 1 aliphatic heterocycles. The van der Waals surface area contributed by atoms with E-state index >= 15 is 0 Å². The minimum Gasteiger partial charge on any atom is -0.495 e. The first-order chi connectivity index (χ1) is 14.6. The van der Waals surface area contributed by atoms with Crippen LogP contribution in [0.15, 0.2) is 48.5 Å². The Morgan fingerprint density at radius 3 is 2.77 bits per heavy atom. The highest BCUT2D eigenvalue weighted by Gasteiger charge is 2.23. The predicted octanol–water partition coefficient (Wildman–Crippen LogP) is 2.92. The van der Waals surface area contributed by atoms with Crippen molar-refractivity contribution in [1.82, 2.24) is 19.9 Å². The lowest BCUT2D eigenvalue weighted by atomic mass is 10.1. The zero-order chi connectivity index (χ0) is 20.9. The minimum absolute atomic E-state index is 0.135. The molecule has 1 atom stereocenters. The molecule has 0 spiro atoms. The van der Waals surface area contributed by atoms with Gasteiger partial charge in [-0.2, -0.15) is 15.0 Å². The smallest absolute Gasteiger partial charge is 0.232 e. The lowest BCUT2D eigenvalue weighted by Gasteiger charge is -2.32. The Hall–Kier alpha value is -3.30. The molecule has 0 amide bonds. The van der Waals surface area contributed by atoms with Gasteiger partial charge in [0, 0.05) is 13.1 Å². The summed E-state index contributed by atoms with van der Waals surface area (Å²) in [5, 5.41) is 3.14. The van der Waals surface area contributed by atoms with Gasteiger partial charge in [-0.1, -0.05) is 24.3 Å². The summed E-state index contributed by atoms with van der Waals surface area (Å²) in [4.78, 5) is 15.1. The van der Waals surface area contributed by atoms with Crippen molar-refractivity contribution >= 4 is 17.6 Å². The lowest BCUT2D eigenvalue weighted by molar-refractivity contribution is -0.0336. The molecular weight excluding hydrogens is 387 g/mol. The first kappa shape index (κ1) is 20.0. The van der Waals surface area contributed by atoms with E-state index < -0.39 is 0 Å². The van der Waals surface area contributed by atoms with Gasteiger partial charge >= 0.3 is 0 Å². The Labute approximate surface area is 173 Å². The summed E-state index contributed by atoms with van der Waals surface area (Å²) < 4.78 is 24.4. The van der Waals surface area contributed by atoms with E-state index in [0.29, 0.717) is 37.2 Å². The highest BCUT2D eigenvalue weighted by Crippen LogP contribution is 2.26. The Bertz CT molecular complexity index is 1000. The summed E-state index contributed by atoms with van der Waals surface area (Å²) in [6.45, 7) is 2.44. The number of nitrogen functional groups attached to an aromatic ring is 1. The number of aromatic nitrogens is 3. The van der Waals surface area contributed by atoms with Gasteiger partial charge in [0.1, 0.15) is 17.4 Å². The van der Waals surface area contributed by atoms with E-state index in [0.717, 1.165) is 17.8 Å². The van der Waals surface area contributed by atoms with Crippen molar-refractivity contribution in [2.75, 3.05) is 37.9 Å². The predicted molar refractivity (Wildman–Crippen MR) is 111 cm³/mol. The van der Waals surface area contributed by atoms with Crippen molar-refractivity contribution < 1.29 is 13.9 Å². The Morgan fingerprint density at radius 2 is 1.97 bits per heavy atom. The molecule has 2 aromatic carbocycles. The number of morpholine rings is 1. The molecule has 156 valence electrons. The molecule has 0 aliphatic carbocycles. The van der Waals surface area contributed by atoms with Crippen LogP contribution in [0.4, 0.5) is 22.0 Å². The molecule has 1 saturated heterocycles. The molecule has 1 unspecified atom stereocenters. The summed E-state index contributed by atoms with van der Waals surface area (Å²) in [7, 11) is 1.60. The fraction of sp³-hybridized carbons (Fsp3) is 0.286. The second-order valence-corrected chi connectivity index (χ2v) is 6.90. The van der Waals surface area contributed by atoms with Gasteiger partial charge in [0.05, 0.1) is 32.1 Å². The third-order valence-corrected chi connectivity index (χ3v) is 4.81. The molecule has 0 saturated carbocycles. The van der Waals surface area contributed by atoms with Crippen molar-refractivity contribution in [3.63, 3.8) is 0 Å². The highest BCUT2D eigenvalue weighted by atomic mass is 19.1. The fourth-order valence-electron chi connectivity index (χ4n) is 3.36. The lowest BCUT2D eigenvalue weighted by Crippen LogP contribution is -2.38. The summed E-state index contributed by atoms with van der Waals surface area (Å²) in [6.07, 6.45) is -0.135. The van der Waals surface area contributed by atoms with Gasteiger partial charge < -0.3 is 20.5 Å². The molecule has 4 rings (SSSR count). The Morgan fingerprint density at radius 1 is 1.17 bits per heavy atom. The largest absolute Gasteiger partial charge is 0.495 e. The maximum atomic E-state index is 13.2. The second kappa shape index (κ2) is 9.02. The van der Waals surface area contributed by atoms with Gasteiger partial charge in [-0.05, 0) is 29.8 Å². The van der Waals surface area contributed by atoms with E-state index in [9.17, 15) is 4.39 Å².